The van der Waals surface area contributed by atoms with Crippen LogP contribution in [0, 0.1) is 0 Å². The molecule has 0 radical (unpaired) electrons. The zero-order chi connectivity index (χ0) is 19.4. The van der Waals surface area contributed by atoms with Crippen LogP contribution in [0.15, 0.2) is 35.3 Å². The highest BCUT2D eigenvalue weighted by atomic mass is 16.5. The minimum Gasteiger partial charge on any atom is -0.462 e. The van der Waals surface area contributed by atoms with Gasteiger partial charge >= 0.3 is 5.97 Å². The number of aromatic amines is 1. The Labute approximate surface area is 154 Å². The standard InChI is InChI=1S/C18H19N5O4/c1-3-27-18(26)11-10-19-23(2)16(11)22-15(24)9-8-14-17(25)21-13-7-5-4-6-12(13)20-14/h4-7,10H,3,8-9H2,1-2H3,(H,21,25)(H,22,24). The van der Waals surface area contributed by atoms with Crippen molar-refractivity contribution in [1.29, 1.82) is 0 Å². The smallest absolute Gasteiger partial charge is 0.343 e. The minimum absolute atomic E-state index is 0.0296. The Hall–Kier alpha value is -3.49. The molecular formula is C18H19N5O4. The van der Waals surface area contributed by atoms with Crippen molar-refractivity contribution in [1.82, 2.24) is 19.7 Å². The maximum absolute atomic E-state index is 12.3. The van der Waals surface area contributed by atoms with Gasteiger partial charge in [0.25, 0.3) is 5.56 Å². The van der Waals surface area contributed by atoms with E-state index in [0.717, 1.165) is 0 Å². The van der Waals surface area contributed by atoms with E-state index in [1.165, 1.54) is 10.9 Å². The molecule has 27 heavy (non-hydrogen) atoms. The average molecular weight is 369 g/mol. The largest absolute Gasteiger partial charge is 0.462 e. The number of fused-ring (bicyclic) bond motifs is 1. The van der Waals surface area contributed by atoms with Gasteiger partial charge in [0.1, 0.15) is 17.1 Å². The molecule has 0 atom stereocenters. The number of aromatic nitrogens is 4. The van der Waals surface area contributed by atoms with Crippen LogP contribution in [0.5, 0.6) is 0 Å². The van der Waals surface area contributed by atoms with Crippen LogP contribution < -0.4 is 10.9 Å². The lowest BCUT2D eigenvalue weighted by Gasteiger charge is -2.08. The van der Waals surface area contributed by atoms with E-state index >= 15 is 0 Å². The second-order valence-corrected chi connectivity index (χ2v) is 5.83. The molecule has 0 aliphatic rings. The van der Waals surface area contributed by atoms with Crippen molar-refractivity contribution in [2.24, 2.45) is 7.05 Å². The highest BCUT2D eigenvalue weighted by Gasteiger charge is 2.19. The lowest BCUT2D eigenvalue weighted by Crippen LogP contribution is -2.21. The third-order valence-corrected chi connectivity index (χ3v) is 3.95. The number of hydrogen-bond acceptors (Lipinski definition) is 6. The fourth-order valence-electron chi connectivity index (χ4n) is 2.61. The molecule has 140 valence electrons. The van der Waals surface area contributed by atoms with Gasteiger partial charge in [-0.25, -0.2) is 9.78 Å². The number of anilines is 1. The van der Waals surface area contributed by atoms with Gasteiger partial charge in [0.05, 0.1) is 23.8 Å². The summed E-state index contributed by atoms with van der Waals surface area (Å²) in [5.74, 6) is -0.675. The number of aryl methyl sites for hydroxylation is 2. The molecule has 1 amide bonds. The fraction of sp³-hybridized carbons (Fsp3) is 0.278. The fourth-order valence-corrected chi connectivity index (χ4v) is 2.61. The van der Waals surface area contributed by atoms with E-state index in [1.807, 2.05) is 12.1 Å². The van der Waals surface area contributed by atoms with Crippen molar-refractivity contribution >= 4 is 28.7 Å². The van der Waals surface area contributed by atoms with Gasteiger partial charge in [-0.3, -0.25) is 14.3 Å². The molecule has 2 heterocycles. The summed E-state index contributed by atoms with van der Waals surface area (Å²) in [6.07, 6.45) is 1.53. The van der Waals surface area contributed by atoms with Gasteiger partial charge in [-0.2, -0.15) is 5.10 Å². The molecule has 9 nitrogen and oxygen atoms in total. The Morgan fingerprint density at radius 3 is 2.85 bits per heavy atom. The Morgan fingerprint density at radius 1 is 1.30 bits per heavy atom. The number of ether oxygens (including phenoxy) is 1. The Kier molecular flexibility index (Phi) is 5.30. The number of esters is 1. The second kappa shape index (κ2) is 7.81. The van der Waals surface area contributed by atoms with Crippen molar-refractivity contribution in [2.45, 2.75) is 19.8 Å². The molecule has 0 bridgehead atoms. The van der Waals surface area contributed by atoms with Gasteiger partial charge in [-0.15, -0.1) is 0 Å². The number of nitrogens with zero attached hydrogens (tertiary/aromatic N) is 3. The first kappa shape index (κ1) is 18.3. The van der Waals surface area contributed by atoms with E-state index < -0.39 is 5.97 Å². The molecule has 9 heteroatoms. The van der Waals surface area contributed by atoms with Crippen molar-refractivity contribution < 1.29 is 14.3 Å². The van der Waals surface area contributed by atoms with Crippen LogP contribution in [0.3, 0.4) is 0 Å². The van der Waals surface area contributed by atoms with Gasteiger partial charge in [0, 0.05) is 19.9 Å². The number of H-pyrrole nitrogens is 1. The quantitative estimate of drug-likeness (QED) is 0.634. The molecule has 0 saturated carbocycles. The van der Waals surface area contributed by atoms with Gasteiger partial charge in [0.15, 0.2) is 0 Å². The van der Waals surface area contributed by atoms with Crippen LogP contribution in [0.2, 0.25) is 0 Å². The van der Waals surface area contributed by atoms with Crippen LogP contribution in [0.1, 0.15) is 29.4 Å². The highest BCUT2D eigenvalue weighted by molar-refractivity contribution is 6.00. The van der Waals surface area contributed by atoms with Crippen LogP contribution in [0.4, 0.5) is 5.82 Å². The Morgan fingerprint density at radius 2 is 2.07 bits per heavy atom. The van der Waals surface area contributed by atoms with Crippen LogP contribution >= 0.6 is 0 Å². The number of carbonyl (C=O) groups excluding carboxylic acids is 2. The predicted molar refractivity (Wildman–Crippen MR) is 98.5 cm³/mol. The van der Waals surface area contributed by atoms with Gasteiger partial charge in [-0.05, 0) is 19.1 Å². The topological polar surface area (TPSA) is 119 Å². The third kappa shape index (κ3) is 4.02. The zero-order valence-electron chi connectivity index (χ0n) is 15.0. The van der Waals surface area contributed by atoms with Crippen LogP contribution in [0.25, 0.3) is 11.0 Å². The monoisotopic (exact) mass is 369 g/mol. The molecule has 0 aliphatic carbocycles. The lowest BCUT2D eigenvalue weighted by molar-refractivity contribution is -0.116. The number of carbonyl (C=O) groups is 2. The first-order valence-electron chi connectivity index (χ1n) is 8.46. The summed E-state index contributed by atoms with van der Waals surface area (Å²) in [4.78, 5) is 43.4. The molecule has 3 aromatic rings. The van der Waals surface area contributed by atoms with Gasteiger partial charge in [-0.1, -0.05) is 12.1 Å². The van der Waals surface area contributed by atoms with Crippen LogP contribution in [-0.2, 0) is 23.0 Å². The summed E-state index contributed by atoms with van der Waals surface area (Å²) < 4.78 is 6.33. The Bertz CT molecular complexity index is 1050. The summed E-state index contributed by atoms with van der Waals surface area (Å²) in [5, 5.41) is 6.62. The summed E-state index contributed by atoms with van der Waals surface area (Å²) >= 11 is 0. The summed E-state index contributed by atoms with van der Waals surface area (Å²) in [6.45, 7) is 1.91. The van der Waals surface area contributed by atoms with E-state index in [2.05, 4.69) is 20.4 Å². The van der Waals surface area contributed by atoms with Crippen molar-refractivity contribution in [3.63, 3.8) is 0 Å². The minimum atomic E-state index is -0.562. The summed E-state index contributed by atoms with van der Waals surface area (Å²) in [6, 6.07) is 7.18. The molecule has 2 aromatic heterocycles. The molecule has 0 aliphatic heterocycles. The first-order chi connectivity index (χ1) is 13.0. The average Bonchev–Trinajstić information content (AvgIpc) is 3.00. The van der Waals surface area contributed by atoms with Gasteiger partial charge < -0.3 is 15.0 Å². The van der Waals surface area contributed by atoms with E-state index in [-0.39, 0.29) is 48.0 Å². The lowest BCUT2D eigenvalue weighted by atomic mass is 10.2. The zero-order valence-corrected chi connectivity index (χ0v) is 15.0. The Balaban J connectivity index is 1.71. The van der Waals surface area contributed by atoms with Crippen molar-refractivity contribution in [3.8, 4) is 0 Å². The third-order valence-electron chi connectivity index (χ3n) is 3.95. The van der Waals surface area contributed by atoms with E-state index in [4.69, 9.17) is 4.74 Å². The predicted octanol–water partition coefficient (Wildman–Crippen LogP) is 1.40. The van der Waals surface area contributed by atoms with E-state index in [0.29, 0.717) is 11.0 Å². The molecular weight excluding hydrogens is 350 g/mol. The number of amides is 1. The normalized spacial score (nSPS) is 10.7. The number of benzene rings is 1. The second-order valence-electron chi connectivity index (χ2n) is 5.83. The van der Waals surface area contributed by atoms with Crippen molar-refractivity contribution in [2.75, 3.05) is 11.9 Å². The SMILES string of the molecule is CCOC(=O)c1cnn(C)c1NC(=O)CCc1nc2ccccc2[nH]c1=O. The summed E-state index contributed by atoms with van der Waals surface area (Å²) in [5.41, 5.74) is 1.43. The molecule has 0 saturated heterocycles. The van der Waals surface area contributed by atoms with Gasteiger partial charge in [0.2, 0.25) is 5.91 Å². The molecule has 3 rings (SSSR count). The number of hydrogen-bond donors (Lipinski definition) is 2. The molecule has 1 aromatic carbocycles. The molecule has 2 N–H and O–H groups in total. The van der Waals surface area contributed by atoms with E-state index in [9.17, 15) is 14.4 Å². The summed E-state index contributed by atoms with van der Waals surface area (Å²) in [7, 11) is 1.61. The van der Waals surface area contributed by atoms with E-state index in [1.54, 1.807) is 26.1 Å². The number of nitrogens with one attached hydrogen (secondary N) is 2. The van der Waals surface area contributed by atoms with Crippen LogP contribution in [-0.4, -0.2) is 38.2 Å². The number of para-hydroxylation sites is 2. The number of rotatable bonds is 6. The maximum atomic E-state index is 12.3. The van der Waals surface area contributed by atoms with Crippen molar-refractivity contribution in [3.05, 3.63) is 52.1 Å². The highest BCUT2D eigenvalue weighted by Crippen LogP contribution is 2.16. The molecule has 0 fully saturated rings. The maximum Gasteiger partial charge on any atom is 0.343 e. The molecule has 0 spiro atoms. The molecule has 0 unspecified atom stereocenters. The first-order valence-corrected chi connectivity index (χ1v) is 8.46.